The molecule has 128 valence electrons. The molecule has 1 atom stereocenters. The van der Waals surface area contributed by atoms with Crippen LogP contribution in [-0.2, 0) is 15.0 Å². The molecule has 2 saturated heterocycles. The zero-order valence-electron chi connectivity index (χ0n) is 13.1. The number of nitrogens with two attached hydrogens (primary N) is 1. The maximum absolute atomic E-state index is 12.8. The minimum Gasteiger partial charge on any atom is -0.359 e. The highest BCUT2D eigenvalue weighted by atomic mass is 32.2. The lowest BCUT2D eigenvalue weighted by molar-refractivity contribution is -0.138. The highest BCUT2D eigenvalue weighted by molar-refractivity contribution is 7.86. The van der Waals surface area contributed by atoms with Crippen LogP contribution in [0.1, 0.15) is 43.2 Å². The Hall–Kier alpha value is -1.45. The molecule has 23 heavy (non-hydrogen) atoms. The van der Waals surface area contributed by atoms with Gasteiger partial charge in [0.1, 0.15) is 0 Å². The van der Waals surface area contributed by atoms with Gasteiger partial charge in [-0.25, -0.2) is 5.14 Å². The summed E-state index contributed by atoms with van der Waals surface area (Å²) in [5, 5.41) is 9.04. The van der Waals surface area contributed by atoms with E-state index in [-0.39, 0.29) is 17.9 Å². The molecule has 3 heterocycles. The van der Waals surface area contributed by atoms with Gasteiger partial charge in [0.15, 0.2) is 5.76 Å². The van der Waals surface area contributed by atoms with Crippen LogP contribution >= 0.6 is 0 Å². The van der Waals surface area contributed by atoms with Crippen molar-refractivity contribution in [2.45, 2.75) is 38.6 Å². The highest BCUT2D eigenvalue weighted by Gasteiger charge is 2.38. The second-order valence-corrected chi connectivity index (χ2v) is 7.82. The minimum atomic E-state index is -3.66. The van der Waals surface area contributed by atoms with Gasteiger partial charge in [0.05, 0.1) is 11.7 Å². The second kappa shape index (κ2) is 6.21. The molecule has 1 amide bonds. The summed E-state index contributed by atoms with van der Waals surface area (Å²) in [5.74, 6) is 0.656. The van der Waals surface area contributed by atoms with Gasteiger partial charge in [-0.2, -0.15) is 12.7 Å². The number of carbonyl (C=O) groups is 1. The van der Waals surface area contributed by atoms with E-state index in [4.69, 9.17) is 9.66 Å². The molecular weight excluding hydrogens is 320 g/mol. The van der Waals surface area contributed by atoms with Gasteiger partial charge >= 0.3 is 0 Å². The highest BCUT2D eigenvalue weighted by Crippen LogP contribution is 2.35. The lowest BCUT2D eigenvalue weighted by Crippen LogP contribution is -2.46. The molecule has 2 N–H and O–H groups in total. The predicted molar refractivity (Wildman–Crippen MR) is 82.3 cm³/mol. The van der Waals surface area contributed by atoms with Crippen molar-refractivity contribution in [2.24, 2.45) is 11.1 Å². The molecule has 0 spiro atoms. The van der Waals surface area contributed by atoms with Crippen LogP contribution in [0.25, 0.3) is 0 Å². The molecular formula is C14H22N4O4S. The average molecular weight is 342 g/mol. The number of carbonyl (C=O) groups excluding carboxylic acids is 1. The van der Waals surface area contributed by atoms with Crippen molar-refractivity contribution in [3.63, 3.8) is 0 Å². The number of nitrogens with zero attached hydrogens (tertiary/aromatic N) is 3. The lowest BCUT2D eigenvalue weighted by atomic mass is 9.96. The van der Waals surface area contributed by atoms with Gasteiger partial charge in [0.2, 0.25) is 5.91 Å². The van der Waals surface area contributed by atoms with E-state index in [1.165, 1.54) is 4.31 Å². The van der Waals surface area contributed by atoms with Crippen LogP contribution in [0.3, 0.4) is 0 Å². The molecule has 0 radical (unpaired) electrons. The summed E-state index contributed by atoms with van der Waals surface area (Å²) < 4.78 is 29.3. The molecule has 3 rings (SSSR count). The second-order valence-electron chi connectivity index (χ2n) is 6.28. The molecule has 8 nitrogen and oxygen atoms in total. The van der Waals surface area contributed by atoms with Crippen LogP contribution in [-0.4, -0.2) is 48.3 Å². The minimum absolute atomic E-state index is 0.0556. The zero-order valence-corrected chi connectivity index (χ0v) is 14.0. The van der Waals surface area contributed by atoms with Gasteiger partial charge in [-0.05, 0) is 32.6 Å². The largest absolute Gasteiger partial charge is 0.359 e. The standard InChI is InChI=1S/C14H22N4O4S/c1-10-9-13(22-16-10)12-3-2-6-18(12)14(19)11-4-7-17(8-5-11)23(15,20)21/h9,11-12H,2-8H2,1H3,(H2,15,20,21)/t12-/m0/s1. The first-order valence-electron chi connectivity index (χ1n) is 7.88. The van der Waals surface area contributed by atoms with Gasteiger partial charge in [-0.3, -0.25) is 4.79 Å². The summed E-state index contributed by atoms with van der Waals surface area (Å²) in [6, 6.07) is 1.82. The summed E-state index contributed by atoms with van der Waals surface area (Å²) in [7, 11) is -3.66. The Morgan fingerprint density at radius 3 is 2.57 bits per heavy atom. The van der Waals surface area contributed by atoms with Gasteiger partial charge in [-0.1, -0.05) is 5.16 Å². The predicted octanol–water partition coefficient (Wildman–Crippen LogP) is 0.562. The van der Waals surface area contributed by atoms with Crippen molar-refractivity contribution in [2.75, 3.05) is 19.6 Å². The van der Waals surface area contributed by atoms with Crippen molar-refractivity contribution in [3.8, 4) is 0 Å². The fourth-order valence-electron chi connectivity index (χ4n) is 3.46. The van der Waals surface area contributed by atoms with Crippen molar-refractivity contribution >= 4 is 16.1 Å². The van der Waals surface area contributed by atoms with E-state index in [0.717, 1.165) is 24.3 Å². The summed E-state index contributed by atoms with van der Waals surface area (Å²) in [5.41, 5.74) is 0.806. The molecule has 1 aromatic heterocycles. The van der Waals surface area contributed by atoms with E-state index >= 15 is 0 Å². The Morgan fingerprint density at radius 2 is 2.00 bits per heavy atom. The third-order valence-electron chi connectivity index (χ3n) is 4.67. The third kappa shape index (κ3) is 3.41. The van der Waals surface area contributed by atoms with Crippen LogP contribution in [0.2, 0.25) is 0 Å². The number of hydrogen-bond donors (Lipinski definition) is 1. The topological polar surface area (TPSA) is 110 Å². The molecule has 9 heteroatoms. The Morgan fingerprint density at radius 1 is 1.30 bits per heavy atom. The fourth-order valence-corrected chi connectivity index (χ4v) is 4.18. The maximum Gasteiger partial charge on any atom is 0.276 e. The van der Waals surface area contributed by atoms with Gasteiger partial charge < -0.3 is 9.42 Å². The van der Waals surface area contributed by atoms with Crippen LogP contribution < -0.4 is 5.14 Å². The third-order valence-corrected chi connectivity index (χ3v) is 5.76. The van der Waals surface area contributed by atoms with Crippen molar-refractivity contribution < 1.29 is 17.7 Å². The van der Waals surface area contributed by atoms with E-state index in [1.54, 1.807) is 0 Å². The number of hydrogen-bond acceptors (Lipinski definition) is 5. The molecule has 0 bridgehead atoms. The summed E-state index contributed by atoms with van der Waals surface area (Å²) in [4.78, 5) is 14.7. The van der Waals surface area contributed by atoms with Crippen molar-refractivity contribution in [3.05, 3.63) is 17.5 Å². The van der Waals surface area contributed by atoms with E-state index in [2.05, 4.69) is 5.16 Å². The first kappa shape index (κ1) is 16.4. The van der Waals surface area contributed by atoms with Crippen LogP contribution in [0.15, 0.2) is 10.6 Å². The zero-order chi connectivity index (χ0) is 16.6. The number of amides is 1. The molecule has 2 aliphatic rings. The number of aromatic nitrogens is 1. The quantitative estimate of drug-likeness (QED) is 0.863. The monoisotopic (exact) mass is 342 g/mol. The maximum atomic E-state index is 12.8. The van der Waals surface area contributed by atoms with E-state index in [0.29, 0.717) is 32.5 Å². The smallest absolute Gasteiger partial charge is 0.276 e. The molecule has 2 aliphatic heterocycles. The van der Waals surface area contributed by atoms with E-state index in [1.807, 2.05) is 17.9 Å². The van der Waals surface area contributed by atoms with Crippen LogP contribution in [0.5, 0.6) is 0 Å². The lowest BCUT2D eigenvalue weighted by Gasteiger charge is -2.33. The molecule has 0 aromatic carbocycles. The van der Waals surface area contributed by atoms with Crippen molar-refractivity contribution in [1.29, 1.82) is 0 Å². The van der Waals surface area contributed by atoms with Gasteiger partial charge in [-0.15, -0.1) is 0 Å². The molecule has 1 aromatic rings. The Bertz CT molecular complexity index is 679. The SMILES string of the molecule is Cc1cc([C@@H]2CCCN2C(=O)C2CCN(S(N)(=O)=O)CC2)on1. The molecule has 0 aliphatic carbocycles. The van der Waals surface area contributed by atoms with Crippen LogP contribution in [0.4, 0.5) is 0 Å². The van der Waals surface area contributed by atoms with Crippen molar-refractivity contribution in [1.82, 2.24) is 14.4 Å². The average Bonchev–Trinajstić information content (AvgIpc) is 3.14. The molecule has 0 unspecified atom stereocenters. The normalized spacial score (nSPS) is 24.3. The number of aryl methyl sites for hydroxylation is 1. The summed E-state index contributed by atoms with van der Waals surface area (Å²) in [6.07, 6.45) is 2.82. The number of piperidine rings is 1. The van der Waals surface area contributed by atoms with E-state index in [9.17, 15) is 13.2 Å². The summed E-state index contributed by atoms with van der Waals surface area (Å²) in [6.45, 7) is 3.17. The number of rotatable bonds is 3. The molecule has 2 fully saturated rings. The Balaban J connectivity index is 1.66. The first-order chi connectivity index (χ1) is 10.9. The first-order valence-corrected chi connectivity index (χ1v) is 9.38. The Kier molecular flexibility index (Phi) is 4.43. The van der Waals surface area contributed by atoms with E-state index < -0.39 is 10.2 Å². The number of likely N-dealkylation sites (tertiary alicyclic amines) is 1. The Labute approximate surface area is 135 Å². The summed E-state index contributed by atoms with van der Waals surface area (Å²) >= 11 is 0. The van der Waals surface area contributed by atoms with Gasteiger partial charge in [0.25, 0.3) is 10.2 Å². The van der Waals surface area contributed by atoms with Gasteiger partial charge in [0, 0.05) is 31.6 Å². The van der Waals surface area contributed by atoms with Crippen LogP contribution in [0, 0.1) is 12.8 Å². The molecule has 0 saturated carbocycles. The fraction of sp³-hybridized carbons (Fsp3) is 0.714.